The van der Waals surface area contributed by atoms with Gasteiger partial charge >= 0.3 is 11.9 Å². The second kappa shape index (κ2) is 6.23. The van der Waals surface area contributed by atoms with Gasteiger partial charge in [0.25, 0.3) is 0 Å². The number of aryl methyl sites for hydroxylation is 1. The third-order valence-electron chi connectivity index (χ3n) is 2.64. The Labute approximate surface area is 117 Å². The van der Waals surface area contributed by atoms with Gasteiger partial charge in [-0.05, 0) is 32.9 Å². The molecule has 0 unspecified atom stereocenters. The van der Waals surface area contributed by atoms with E-state index in [-0.39, 0.29) is 18.2 Å². The zero-order valence-corrected chi connectivity index (χ0v) is 11.8. The van der Waals surface area contributed by atoms with Crippen molar-refractivity contribution in [3.05, 3.63) is 35.5 Å². The Hall–Kier alpha value is -2.30. The van der Waals surface area contributed by atoms with Gasteiger partial charge in [0.05, 0.1) is 13.2 Å². The minimum Gasteiger partial charge on any atom is -0.464 e. The molecule has 0 fully saturated rings. The standard InChI is InChI=1S/C15H17NO4/c1-4-18-14(17)12-15(19-5-2)20-13(16-12)11-8-6-10(3)7-9-11/h6-9H,4-5H2,1-3H3. The van der Waals surface area contributed by atoms with Crippen LogP contribution in [0.4, 0.5) is 0 Å². The maximum Gasteiger partial charge on any atom is 0.364 e. The Morgan fingerprint density at radius 1 is 1.20 bits per heavy atom. The first kappa shape index (κ1) is 14.1. The average molecular weight is 275 g/mol. The van der Waals surface area contributed by atoms with E-state index in [1.165, 1.54) is 0 Å². The summed E-state index contributed by atoms with van der Waals surface area (Å²) in [5.41, 5.74) is 1.99. The van der Waals surface area contributed by atoms with Crippen LogP contribution in [-0.4, -0.2) is 24.2 Å². The van der Waals surface area contributed by atoms with Crippen LogP contribution in [-0.2, 0) is 4.74 Å². The summed E-state index contributed by atoms with van der Waals surface area (Å²) in [7, 11) is 0. The van der Waals surface area contributed by atoms with Crippen molar-refractivity contribution in [2.75, 3.05) is 13.2 Å². The normalized spacial score (nSPS) is 10.3. The first-order chi connectivity index (χ1) is 9.65. The van der Waals surface area contributed by atoms with Crippen LogP contribution < -0.4 is 4.74 Å². The molecule has 1 heterocycles. The molecule has 5 nitrogen and oxygen atoms in total. The summed E-state index contributed by atoms with van der Waals surface area (Å²) >= 11 is 0. The number of carbonyl (C=O) groups excluding carboxylic acids is 1. The number of carbonyl (C=O) groups is 1. The van der Waals surface area contributed by atoms with E-state index in [1.54, 1.807) is 6.92 Å². The van der Waals surface area contributed by atoms with E-state index in [0.29, 0.717) is 12.5 Å². The summed E-state index contributed by atoms with van der Waals surface area (Å²) in [6.45, 7) is 6.20. The topological polar surface area (TPSA) is 61.6 Å². The lowest BCUT2D eigenvalue weighted by molar-refractivity contribution is 0.0512. The van der Waals surface area contributed by atoms with Crippen LogP contribution in [0.3, 0.4) is 0 Å². The minimum absolute atomic E-state index is 0.0734. The minimum atomic E-state index is -0.543. The van der Waals surface area contributed by atoms with E-state index in [4.69, 9.17) is 13.9 Å². The van der Waals surface area contributed by atoms with Gasteiger partial charge in [0, 0.05) is 5.56 Å². The average Bonchev–Trinajstić information content (AvgIpc) is 2.84. The number of rotatable bonds is 5. The lowest BCUT2D eigenvalue weighted by Crippen LogP contribution is -2.07. The van der Waals surface area contributed by atoms with Crippen LogP contribution >= 0.6 is 0 Å². The summed E-state index contributed by atoms with van der Waals surface area (Å²) in [6, 6.07) is 7.66. The van der Waals surface area contributed by atoms with Gasteiger partial charge in [-0.15, -0.1) is 0 Å². The molecule has 20 heavy (non-hydrogen) atoms. The van der Waals surface area contributed by atoms with Gasteiger partial charge in [-0.25, -0.2) is 4.79 Å². The quantitative estimate of drug-likeness (QED) is 0.784. The van der Waals surface area contributed by atoms with Gasteiger partial charge in [0.2, 0.25) is 11.6 Å². The van der Waals surface area contributed by atoms with Crippen molar-refractivity contribution < 1.29 is 18.7 Å². The summed E-state index contributed by atoms with van der Waals surface area (Å²) < 4.78 is 15.8. The van der Waals surface area contributed by atoms with Crippen LogP contribution in [0.15, 0.2) is 28.7 Å². The first-order valence-electron chi connectivity index (χ1n) is 6.53. The first-order valence-corrected chi connectivity index (χ1v) is 6.53. The van der Waals surface area contributed by atoms with Crippen molar-refractivity contribution >= 4 is 5.97 Å². The Kier molecular flexibility index (Phi) is 4.40. The second-order valence-electron chi connectivity index (χ2n) is 4.17. The van der Waals surface area contributed by atoms with E-state index in [1.807, 2.05) is 38.1 Å². The molecule has 2 rings (SSSR count). The summed E-state index contributed by atoms with van der Waals surface area (Å²) in [5.74, 6) is -0.101. The molecule has 5 heteroatoms. The highest BCUT2D eigenvalue weighted by Crippen LogP contribution is 2.28. The van der Waals surface area contributed by atoms with Crippen LogP contribution in [0.2, 0.25) is 0 Å². The fourth-order valence-electron chi connectivity index (χ4n) is 1.68. The number of nitrogens with zero attached hydrogens (tertiary/aromatic N) is 1. The molecule has 0 aliphatic heterocycles. The molecular weight excluding hydrogens is 258 g/mol. The zero-order valence-electron chi connectivity index (χ0n) is 11.8. The predicted octanol–water partition coefficient (Wildman–Crippen LogP) is 3.23. The highest BCUT2D eigenvalue weighted by molar-refractivity contribution is 5.90. The van der Waals surface area contributed by atoms with Crippen molar-refractivity contribution in [3.8, 4) is 17.4 Å². The number of ether oxygens (including phenoxy) is 2. The lowest BCUT2D eigenvalue weighted by Gasteiger charge is -2.00. The van der Waals surface area contributed by atoms with Gasteiger partial charge in [-0.3, -0.25) is 0 Å². The van der Waals surface area contributed by atoms with Gasteiger partial charge in [0.15, 0.2) is 0 Å². The Balaban J connectivity index is 2.37. The molecule has 2 aromatic rings. The van der Waals surface area contributed by atoms with Crippen molar-refractivity contribution in [1.29, 1.82) is 0 Å². The second-order valence-corrected chi connectivity index (χ2v) is 4.17. The molecule has 0 spiro atoms. The van der Waals surface area contributed by atoms with Crippen molar-refractivity contribution in [2.45, 2.75) is 20.8 Å². The van der Waals surface area contributed by atoms with E-state index in [9.17, 15) is 4.79 Å². The molecule has 1 aromatic heterocycles. The highest BCUT2D eigenvalue weighted by atomic mass is 16.6. The predicted molar refractivity (Wildman–Crippen MR) is 73.8 cm³/mol. The maximum absolute atomic E-state index is 11.8. The SMILES string of the molecule is CCOC(=O)c1nc(-c2ccc(C)cc2)oc1OCC. The molecule has 0 aliphatic carbocycles. The molecular formula is C15H17NO4. The van der Waals surface area contributed by atoms with Crippen LogP contribution in [0.5, 0.6) is 5.95 Å². The molecule has 0 amide bonds. The molecule has 0 saturated carbocycles. The monoisotopic (exact) mass is 275 g/mol. The zero-order chi connectivity index (χ0) is 14.5. The third kappa shape index (κ3) is 2.99. The molecule has 0 saturated heterocycles. The van der Waals surface area contributed by atoms with E-state index in [0.717, 1.165) is 11.1 Å². The number of hydrogen-bond donors (Lipinski definition) is 0. The lowest BCUT2D eigenvalue weighted by atomic mass is 10.1. The van der Waals surface area contributed by atoms with E-state index in [2.05, 4.69) is 4.98 Å². The molecule has 1 aromatic carbocycles. The van der Waals surface area contributed by atoms with Gasteiger partial charge in [-0.2, -0.15) is 4.98 Å². The maximum atomic E-state index is 11.8. The Bertz CT molecular complexity index is 586. The van der Waals surface area contributed by atoms with Crippen LogP contribution in [0.1, 0.15) is 29.9 Å². The number of oxazole rings is 1. The van der Waals surface area contributed by atoms with Gasteiger partial charge in [-0.1, -0.05) is 17.7 Å². The molecule has 0 aliphatic rings. The Morgan fingerprint density at radius 2 is 1.90 bits per heavy atom. The largest absolute Gasteiger partial charge is 0.464 e. The Morgan fingerprint density at radius 3 is 2.50 bits per heavy atom. The number of hydrogen-bond acceptors (Lipinski definition) is 5. The fraction of sp³-hybridized carbons (Fsp3) is 0.333. The number of aromatic nitrogens is 1. The molecule has 0 radical (unpaired) electrons. The van der Waals surface area contributed by atoms with Gasteiger partial charge < -0.3 is 13.9 Å². The van der Waals surface area contributed by atoms with Crippen molar-refractivity contribution in [2.24, 2.45) is 0 Å². The van der Waals surface area contributed by atoms with E-state index < -0.39 is 5.97 Å². The number of esters is 1. The van der Waals surface area contributed by atoms with Crippen molar-refractivity contribution in [1.82, 2.24) is 4.98 Å². The number of benzene rings is 1. The molecule has 0 bridgehead atoms. The molecule has 106 valence electrons. The summed E-state index contributed by atoms with van der Waals surface area (Å²) in [4.78, 5) is 16.0. The highest BCUT2D eigenvalue weighted by Gasteiger charge is 2.23. The van der Waals surface area contributed by atoms with Crippen LogP contribution in [0.25, 0.3) is 11.5 Å². The summed E-state index contributed by atoms with van der Waals surface area (Å²) in [5, 5.41) is 0. The molecule has 0 atom stereocenters. The smallest absolute Gasteiger partial charge is 0.364 e. The summed E-state index contributed by atoms with van der Waals surface area (Å²) in [6.07, 6.45) is 0. The van der Waals surface area contributed by atoms with Crippen molar-refractivity contribution in [3.63, 3.8) is 0 Å². The van der Waals surface area contributed by atoms with E-state index >= 15 is 0 Å². The fourth-order valence-corrected chi connectivity index (χ4v) is 1.68. The van der Waals surface area contributed by atoms with Gasteiger partial charge in [0.1, 0.15) is 0 Å². The molecule has 0 N–H and O–H groups in total. The third-order valence-corrected chi connectivity index (χ3v) is 2.64. The van der Waals surface area contributed by atoms with Crippen LogP contribution in [0, 0.1) is 6.92 Å².